The maximum atomic E-state index is 9.88. The predicted octanol–water partition coefficient (Wildman–Crippen LogP) is 1.69. The number of hydrogen-bond acceptors (Lipinski definition) is 4. The van der Waals surface area contributed by atoms with Crippen LogP contribution in [0.25, 0.3) is 0 Å². The van der Waals surface area contributed by atoms with Gasteiger partial charge in [0.25, 0.3) is 0 Å². The first kappa shape index (κ1) is 16.0. The molecular weight excluding hydrogens is 242 g/mol. The van der Waals surface area contributed by atoms with Crippen LogP contribution in [-0.2, 0) is 4.74 Å². The standard InChI is InChI=1S/C15H25NO3/c1-12(2)15(11-18-3)16-9-13(17)10-19-14-7-5-4-6-8-14/h4-8,12-13,15-17H,9-11H2,1-3H3. The number of para-hydroxylation sites is 1. The van der Waals surface area contributed by atoms with Crippen molar-refractivity contribution in [2.75, 3.05) is 26.9 Å². The highest BCUT2D eigenvalue weighted by molar-refractivity contribution is 5.20. The van der Waals surface area contributed by atoms with Crippen LogP contribution in [0.4, 0.5) is 0 Å². The van der Waals surface area contributed by atoms with Gasteiger partial charge in [0.2, 0.25) is 0 Å². The smallest absolute Gasteiger partial charge is 0.119 e. The Morgan fingerprint density at radius 2 is 1.84 bits per heavy atom. The minimum atomic E-state index is -0.529. The van der Waals surface area contributed by atoms with Gasteiger partial charge >= 0.3 is 0 Å². The highest BCUT2D eigenvalue weighted by Gasteiger charge is 2.14. The Morgan fingerprint density at radius 1 is 1.16 bits per heavy atom. The van der Waals surface area contributed by atoms with Gasteiger partial charge in [-0.15, -0.1) is 0 Å². The lowest BCUT2D eigenvalue weighted by atomic mass is 10.1. The summed E-state index contributed by atoms with van der Waals surface area (Å²) in [6.45, 7) is 5.69. The maximum Gasteiger partial charge on any atom is 0.119 e. The largest absolute Gasteiger partial charge is 0.491 e. The summed E-state index contributed by atoms with van der Waals surface area (Å²) in [5, 5.41) is 13.2. The molecule has 2 N–H and O–H groups in total. The SMILES string of the molecule is COCC(NCC(O)COc1ccccc1)C(C)C. The van der Waals surface area contributed by atoms with Crippen molar-refractivity contribution in [1.29, 1.82) is 0 Å². The highest BCUT2D eigenvalue weighted by Crippen LogP contribution is 2.08. The first-order valence-corrected chi connectivity index (χ1v) is 6.71. The molecule has 4 heteroatoms. The number of aliphatic hydroxyl groups excluding tert-OH is 1. The molecule has 1 aromatic carbocycles. The second-order valence-corrected chi connectivity index (χ2v) is 4.99. The molecule has 0 saturated heterocycles. The average Bonchev–Trinajstić information content (AvgIpc) is 2.42. The molecule has 0 fully saturated rings. The maximum absolute atomic E-state index is 9.88. The summed E-state index contributed by atoms with van der Waals surface area (Å²) >= 11 is 0. The van der Waals surface area contributed by atoms with E-state index < -0.39 is 6.10 Å². The molecule has 0 aromatic heterocycles. The van der Waals surface area contributed by atoms with Gasteiger partial charge in [-0.05, 0) is 18.1 Å². The van der Waals surface area contributed by atoms with Gasteiger partial charge in [-0.1, -0.05) is 32.0 Å². The molecule has 2 atom stereocenters. The molecule has 0 bridgehead atoms. The van der Waals surface area contributed by atoms with Crippen LogP contribution in [0.5, 0.6) is 5.75 Å². The second-order valence-electron chi connectivity index (χ2n) is 4.99. The summed E-state index contributed by atoms with van der Waals surface area (Å²) in [6.07, 6.45) is -0.529. The fourth-order valence-electron chi connectivity index (χ4n) is 1.72. The van der Waals surface area contributed by atoms with Gasteiger partial charge in [0.15, 0.2) is 0 Å². The van der Waals surface area contributed by atoms with Crippen molar-refractivity contribution in [3.05, 3.63) is 30.3 Å². The first-order valence-electron chi connectivity index (χ1n) is 6.71. The molecule has 0 aliphatic carbocycles. The van der Waals surface area contributed by atoms with Crippen LogP contribution < -0.4 is 10.1 Å². The zero-order valence-electron chi connectivity index (χ0n) is 12.0. The third kappa shape index (κ3) is 6.57. The Labute approximate surface area is 115 Å². The molecule has 0 spiro atoms. The number of hydrogen-bond donors (Lipinski definition) is 2. The van der Waals surface area contributed by atoms with E-state index in [2.05, 4.69) is 19.2 Å². The van der Waals surface area contributed by atoms with Crippen LogP contribution >= 0.6 is 0 Å². The highest BCUT2D eigenvalue weighted by atomic mass is 16.5. The molecule has 1 rings (SSSR count). The molecule has 2 unspecified atom stereocenters. The summed E-state index contributed by atoms with van der Waals surface area (Å²) in [5.41, 5.74) is 0. The lowest BCUT2D eigenvalue weighted by Crippen LogP contribution is -2.43. The molecule has 0 amide bonds. The molecule has 1 aromatic rings. The molecule has 0 radical (unpaired) electrons. The Balaban J connectivity index is 2.25. The fourth-order valence-corrected chi connectivity index (χ4v) is 1.72. The Morgan fingerprint density at radius 3 is 2.42 bits per heavy atom. The van der Waals surface area contributed by atoms with Gasteiger partial charge in [-0.3, -0.25) is 0 Å². The van der Waals surface area contributed by atoms with Crippen molar-refractivity contribution in [2.24, 2.45) is 5.92 Å². The summed E-state index contributed by atoms with van der Waals surface area (Å²) in [5.74, 6) is 1.24. The van der Waals surface area contributed by atoms with Gasteiger partial charge in [-0.25, -0.2) is 0 Å². The average molecular weight is 267 g/mol. The van der Waals surface area contributed by atoms with E-state index in [9.17, 15) is 5.11 Å². The number of methoxy groups -OCH3 is 1. The zero-order valence-corrected chi connectivity index (χ0v) is 12.0. The summed E-state index contributed by atoms with van der Waals surface area (Å²) in [7, 11) is 1.69. The first-order chi connectivity index (χ1) is 9.13. The predicted molar refractivity (Wildman–Crippen MR) is 76.4 cm³/mol. The van der Waals surface area contributed by atoms with Gasteiger partial charge in [0.1, 0.15) is 18.5 Å². The molecule has 0 heterocycles. The molecule has 4 nitrogen and oxygen atoms in total. The van der Waals surface area contributed by atoms with E-state index in [1.807, 2.05) is 30.3 Å². The van der Waals surface area contributed by atoms with Gasteiger partial charge < -0.3 is 19.9 Å². The van der Waals surface area contributed by atoms with Crippen LogP contribution in [-0.4, -0.2) is 44.1 Å². The second kappa shape index (κ2) is 8.91. The monoisotopic (exact) mass is 267 g/mol. The lowest BCUT2D eigenvalue weighted by Gasteiger charge is -2.23. The van der Waals surface area contributed by atoms with Crippen molar-refractivity contribution < 1.29 is 14.6 Å². The minimum Gasteiger partial charge on any atom is -0.491 e. The van der Waals surface area contributed by atoms with E-state index in [0.29, 0.717) is 19.1 Å². The molecule has 108 valence electrons. The van der Waals surface area contributed by atoms with Crippen LogP contribution in [0.1, 0.15) is 13.8 Å². The number of nitrogens with one attached hydrogen (secondary N) is 1. The van der Waals surface area contributed by atoms with Crippen molar-refractivity contribution in [2.45, 2.75) is 26.0 Å². The molecular formula is C15H25NO3. The molecule has 0 saturated carbocycles. The summed E-state index contributed by atoms with van der Waals surface area (Å²) < 4.78 is 10.7. The number of benzene rings is 1. The quantitative estimate of drug-likeness (QED) is 0.715. The van der Waals surface area contributed by atoms with Gasteiger partial charge in [0.05, 0.1) is 6.61 Å². The van der Waals surface area contributed by atoms with Crippen molar-refractivity contribution in [3.8, 4) is 5.75 Å². The van der Waals surface area contributed by atoms with Crippen molar-refractivity contribution in [3.63, 3.8) is 0 Å². The fraction of sp³-hybridized carbons (Fsp3) is 0.600. The molecule has 0 aliphatic rings. The van der Waals surface area contributed by atoms with E-state index in [1.165, 1.54) is 0 Å². The van der Waals surface area contributed by atoms with E-state index >= 15 is 0 Å². The minimum absolute atomic E-state index is 0.247. The van der Waals surface area contributed by atoms with Gasteiger partial charge in [-0.2, -0.15) is 0 Å². The lowest BCUT2D eigenvalue weighted by molar-refractivity contribution is 0.0901. The van der Waals surface area contributed by atoms with Crippen LogP contribution in [0.15, 0.2) is 30.3 Å². The topological polar surface area (TPSA) is 50.7 Å². The van der Waals surface area contributed by atoms with E-state index in [-0.39, 0.29) is 12.6 Å². The molecule has 0 aliphatic heterocycles. The third-order valence-electron chi connectivity index (χ3n) is 2.95. The van der Waals surface area contributed by atoms with E-state index in [0.717, 1.165) is 5.75 Å². The van der Waals surface area contributed by atoms with Crippen LogP contribution in [0.3, 0.4) is 0 Å². The molecule has 19 heavy (non-hydrogen) atoms. The van der Waals surface area contributed by atoms with Crippen molar-refractivity contribution >= 4 is 0 Å². The number of ether oxygens (including phenoxy) is 2. The number of rotatable bonds is 9. The Hall–Kier alpha value is -1.10. The van der Waals surface area contributed by atoms with Crippen molar-refractivity contribution in [1.82, 2.24) is 5.32 Å². The zero-order chi connectivity index (χ0) is 14.1. The Bertz CT molecular complexity index is 329. The van der Waals surface area contributed by atoms with E-state index in [4.69, 9.17) is 9.47 Å². The van der Waals surface area contributed by atoms with Crippen LogP contribution in [0.2, 0.25) is 0 Å². The summed E-state index contributed by atoms with van der Waals surface area (Å²) in [4.78, 5) is 0. The van der Waals surface area contributed by atoms with Crippen LogP contribution in [0, 0.1) is 5.92 Å². The number of aliphatic hydroxyl groups is 1. The van der Waals surface area contributed by atoms with E-state index in [1.54, 1.807) is 7.11 Å². The summed E-state index contributed by atoms with van der Waals surface area (Å²) in [6, 6.07) is 9.75. The van der Waals surface area contributed by atoms with Gasteiger partial charge in [0, 0.05) is 19.7 Å². The normalized spacial score (nSPS) is 14.4. The third-order valence-corrected chi connectivity index (χ3v) is 2.95. The Kier molecular flexibility index (Phi) is 7.48.